The first kappa shape index (κ1) is 7.73. The molecule has 2 heterocycles. The van der Waals surface area contributed by atoms with Crippen molar-refractivity contribution in [3.63, 3.8) is 0 Å². The van der Waals surface area contributed by atoms with E-state index in [2.05, 4.69) is 21.2 Å². The summed E-state index contributed by atoms with van der Waals surface area (Å²) in [7, 11) is 0. The maximum Gasteiger partial charge on any atom is 0.125 e. The van der Waals surface area contributed by atoms with E-state index in [1.165, 1.54) is 0 Å². The van der Waals surface area contributed by atoms with Gasteiger partial charge in [0, 0.05) is 17.6 Å². The van der Waals surface area contributed by atoms with E-state index in [1.54, 1.807) is 11.3 Å². The lowest BCUT2D eigenvalue weighted by atomic mass is 9.95. The number of halogens is 1. The van der Waals surface area contributed by atoms with Crippen LogP contribution in [0.1, 0.15) is 4.88 Å². The first-order valence-electron chi connectivity index (χ1n) is 3.39. The highest BCUT2D eigenvalue weighted by Crippen LogP contribution is 2.35. The second-order valence-corrected chi connectivity index (χ2v) is 4.50. The topological polar surface area (TPSA) is 32.3 Å². The fourth-order valence-corrected chi connectivity index (χ4v) is 2.99. The summed E-state index contributed by atoms with van der Waals surface area (Å²) in [4.78, 5) is 1.04. The van der Waals surface area contributed by atoms with Crippen molar-refractivity contribution in [3.05, 3.63) is 20.8 Å². The zero-order valence-corrected chi connectivity index (χ0v) is 8.20. The van der Waals surface area contributed by atoms with Gasteiger partial charge in [-0.2, -0.15) is 0 Å². The predicted octanol–water partition coefficient (Wildman–Crippen LogP) is 1.30. The SMILES string of the molecule is OC1(c2sccc2Br)CNC1. The molecule has 0 atom stereocenters. The Morgan fingerprint density at radius 3 is 2.73 bits per heavy atom. The molecule has 60 valence electrons. The van der Waals surface area contributed by atoms with Crippen LogP contribution in [-0.4, -0.2) is 18.2 Å². The number of hydrogen-bond acceptors (Lipinski definition) is 3. The Bertz CT molecular complexity index is 269. The van der Waals surface area contributed by atoms with Crippen molar-refractivity contribution < 1.29 is 5.11 Å². The number of thiophene rings is 1. The Morgan fingerprint density at radius 2 is 2.36 bits per heavy atom. The summed E-state index contributed by atoms with van der Waals surface area (Å²) < 4.78 is 1.02. The van der Waals surface area contributed by atoms with E-state index < -0.39 is 5.60 Å². The van der Waals surface area contributed by atoms with Crippen molar-refractivity contribution >= 4 is 27.3 Å². The van der Waals surface area contributed by atoms with Gasteiger partial charge in [0.2, 0.25) is 0 Å². The summed E-state index contributed by atoms with van der Waals surface area (Å²) >= 11 is 4.99. The second kappa shape index (κ2) is 2.55. The lowest BCUT2D eigenvalue weighted by molar-refractivity contribution is -0.0118. The van der Waals surface area contributed by atoms with Crippen LogP contribution in [-0.2, 0) is 5.60 Å². The quantitative estimate of drug-likeness (QED) is 0.767. The van der Waals surface area contributed by atoms with Gasteiger partial charge in [-0.15, -0.1) is 11.3 Å². The highest BCUT2D eigenvalue weighted by molar-refractivity contribution is 9.10. The van der Waals surface area contributed by atoms with Gasteiger partial charge in [-0.05, 0) is 27.4 Å². The Labute approximate surface area is 77.4 Å². The van der Waals surface area contributed by atoms with Crippen LogP contribution in [0.5, 0.6) is 0 Å². The third-order valence-electron chi connectivity index (χ3n) is 1.87. The molecule has 1 fully saturated rings. The fraction of sp³-hybridized carbons (Fsp3) is 0.429. The van der Waals surface area contributed by atoms with Gasteiger partial charge in [0.05, 0.1) is 4.88 Å². The smallest absolute Gasteiger partial charge is 0.125 e. The van der Waals surface area contributed by atoms with Crippen molar-refractivity contribution in [3.8, 4) is 0 Å². The van der Waals surface area contributed by atoms with E-state index in [1.807, 2.05) is 11.4 Å². The highest BCUT2D eigenvalue weighted by atomic mass is 79.9. The van der Waals surface area contributed by atoms with Crippen LogP contribution in [0, 0.1) is 0 Å². The Balaban J connectivity index is 2.35. The minimum absolute atomic E-state index is 0.604. The zero-order chi connectivity index (χ0) is 7.90. The molecule has 0 aliphatic carbocycles. The van der Waals surface area contributed by atoms with E-state index in [9.17, 15) is 5.11 Å². The summed E-state index contributed by atoms with van der Waals surface area (Å²) in [5, 5.41) is 14.9. The molecule has 2 rings (SSSR count). The monoisotopic (exact) mass is 233 g/mol. The molecule has 2 N–H and O–H groups in total. The van der Waals surface area contributed by atoms with Crippen LogP contribution in [0.25, 0.3) is 0 Å². The van der Waals surface area contributed by atoms with Gasteiger partial charge >= 0.3 is 0 Å². The summed E-state index contributed by atoms with van der Waals surface area (Å²) in [6.45, 7) is 1.35. The summed E-state index contributed by atoms with van der Waals surface area (Å²) in [6, 6.07) is 1.97. The molecule has 0 amide bonds. The van der Waals surface area contributed by atoms with Crippen LogP contribution in [0.15, 0.2) is 15.9 Å². The molecule has 1 aromatic rings. The molecule has 2 nitrogen and oxygen atoms in total. The maximum atomic E-state index is 9.87. The predicted molar refractivity (Wildman–Crippen MR) is 48.8 cm³/mol. The van der Waals surface area contributed by atoms with Crippen molar-refractivity contribution in [2.24, 2.45) is 0 Å². The molecule has 4 heteroatoms. The summed E-state index contributed by atoms with van der Waals surface area (Å²) in [5.74, 6) is 0. The van der Waals surface area contributed by atoms with Gasteiger partial charge in [0.1, 0.15) is 5.60 Å². The average molecular weight is 234 g/mol. The van der Waals surface area contributed by atoms with Gasteiger partial charge in [0.25, 0.3) is 0 Å². The molecule has 0 unspecified atom stereocenters. The lowest BCUT2D eigenvalue weighted by Crippen LogP contribution is -2.56. The highest BCUT2D eigenvalue weighted by Gasteiger charge is 2.38. The van der Waals surface area contributed by atoms with E-state index in [0.29, 0.717) is 13.1 Å². The van der Waals surface area contributed by atoms with E-state index >= 15 is 0 Å². The summed E-state index contributed by atoms with van der Waals surface area (Å²) in [6.07, 6.45) is 0. The van der Waals surface area contributed by atoms with Gasteiger partial charge in [-0.3, -0.25) is 0 Å². The van der Waals surface area contributed by atoms with Crippen LogP contribution >= 0.6 is 27.3 Å². The van der Waals surface area contributed by atoms with Crippen LogP contribution in [0.2, 0.25) is 0 Å². The van der Waals surface area contributed by atoms with Crippen molar-refractivity contribution in [2.75, 3.05) is 13.1 Å². The summed E-state index contributed by atoms with van der Waals surface area (Å²) in [5.41, 5.74) is -0.604. The Kier molecular flexibility index (Phi) is 1.79. The number of aliphatic hydroxyl groups is 1. The van der Waals surface area contributed by atoms with Crippen molar-refractivity contribution in [1.82, 2.24) is 5.32 Å². The average Bonchev–Trinajstić information content (AvgIpc) is 2.30. The van der Waals surface area contributed by atoms with Gasteiger partial charge in [-0.1, -0.05) is 0 Å². The molecule has 1 saturated heterocycles. The standard InChI is InChI=1S/C7H8BrNOS/c8-5-1-2-11-6(5)7(10)3-9-4-7/h1-2,9-10H,3-4H2. The number of nitrogens with one attached hydrogen (secondary N) is 1. The number of hydrogen-bond donors (Lipinski definition) is 2. The molecular formula is C7H8BrNOS. The minimum Gasteiger partial charge on any atom is -0.382 e. The van der Waals surface area contributed by atoms with E-state index in [-0.39, 0.29) is 0 Å². The molecular weight excluding hydrogens is 226 g/mol. The number of β-amino-alcohol motifs (C(OH)–C–C–N with tert-alkyl or cyclic N) is 1. The van der Waals surface area contributed by atoms with E-state index in [0.717, 1.165) is 9.35 Å². The van der Waals surface area contributed by atoms with Crippen LogP contribution in [0.3, 0.4) is 0 Å². The Hall–Kier alpha value is 0.1000. The van der Waals surface area contributed by atoms with Gasteiger partial charge in [-0.25, -0.2) is 0 Å². The second-order valence-electron chi connectivity index (χ2n) is 2.73. The molecule has 1 aliphatic heterocycles. The van der Waals surface area contributed by atoms with E-state index in [4.69, 9.17) is 0 Å². The van der Waals surface area contributed by atoms with Crippen molar-refractivity contribution in [1.29, 1.82) is 0 Å². The van der Waals surface area contributed by atoms with Crippen LogP contribution in [0.4, 0.5) is 0 Å². The molecule has 0 saturated carbocycles. The zero-order valence-electron chi connectivity index (χ0n) is 5.80. The number of rotatable bonds is 1. The Morgan fingerprint density at radius 1 is 1.64 bits per heavy atom. The first-order valence-corrected chi connectivity index (χ1v) is 5.06. The molecule has 1 aromatic heterocycles. The maximum absolute atomic E-state index is 9.87. The first-order chi connectivity index (χ1) is 5.22. The van der Waals surface area contributed by atoms with Gasteiger partial charge in [0.15, 0.2) is 0 Å². The lowest BCUT2D eigenvalue weighted by Gasteiger charge is -2.37. The molecule has 0 aromatic carbocycles. The molecule has 0 bridgehead atoms. The molecule has 11 heavy (non-hydrogen) atoms. The largest absolute Gasteiger partial charge is 0.382 e. The minimum atomic E-state index is -0.604. The molecule has 1 aliphatic rings. The van der Waals surface area contributed by atoms with Crippen molar-refractivity contribution in [2.45, 2.75) is 5.60 Å². The van der Waals surface area contributed by atoms with Gasteiger partial charge < -0.3 is 10.4 Å². The third-order valence-corrected chi connectivity index (χ3v) is 3.91. The normalized spacial score (nSPS) is 21.3. The molecule has 0 spiro atoms. The van der Waals surface area contributed by atoms with Crippen LogP contribution < -0.4 is 5.32 Å². The molecule has 0 radical (unpaired) electrons. The fourth-order valence-electron chi connectivity index (χ4n) is 1.15. The third kappa shape index (κ3) is 1.14.